The van der Waals surface area contributed by atoms with Crippen LogP contribution in [0.4, 0.5) is 5.69 Å². The quantitative estimate of drug-likeness (QED) is 0.671. The van der Waals surface area contributed by atoms with E-state index in [1.165, 1.54) is 5.69 Å². The van der Waals surface area contributed by atoms with Gasteiger partial charge in [-0.25, -0.2) is 0 Å². The molecule has 12 heavy (non-hydrogen) atoms. The fourth-order valence-corrected chi connectivity index (χ4v) is 0.781. The van der Waals surface area contributed by atoms with Crippen LogP contribution in [0.1, 0.15) is 20.8 Å². The summed E-state index contributed by atoms with van der Waals surface area (Å²) in [6.45, 7) is 7.16. The molecule has 1 heterocycles. The van der Waals surface area contributed by atoms with Gasteiger partial charge in [-0.3, -0.25) is 4.98 Å². The Labute approximate surface area is 75.2 Å². The van der Waals surface area contributed by atoms with Crippen molar-refractivity contribution in [2.75, 3.05) is 18.5 Å². The summed E-state index contributed by atoms with van der Waals surface area (Å²) in [5.41, 5.74) is 1.22. The van der Waals surface area contributed by atoms with E-state index in [0.29, 0.717) is 0 Å². The SMILES string of the molecule is CC.CCN(C)c1ccncc1. The van der Waals surface area contributed by atoms with Gasteiger partial charge in [-0.05, 0) is 19.1 Å². The Bertz CT molecular complexity index is 184. The van der Waals surface area contributed by atoms with Crippen LogP contribution in [-0.4, -0.2) is 18.6 Å². The maximum absolute atomic E-state index is 3.94. The first-order valence-corrected chi connectivity index (χ1v) is 4.45. The average molecular weight is 166 g/mol. The Morgan fingerprint density at radius 1 is 1.25 bits per heavy atom. The highest BCUT2D eigenvalue weighted by atomic mass is 15.1. The lowest BCUT2D eigenvalue weighted by molar-refractivity contribution is 0.965. The van der Waals surface area contributed by atoms with Crippen molar-refractivity contribution in [2.24, 2.45) is 0 Å². The molecule has 0 aliphatic heterocycles. The molecule has 0 saturated carbocycles. The molecule has 0 fully saturated rings. The number of anilines is 1. The monoisotopic (exact) mass is 166 g/mol. The third-order valence-corrected chi connectivity index (χ3v) is 1.58. The van der Waals surface area contributed by atoms with E-state index in [2.05, 4.69) is 23.9 Å². The lowest BCUT2D eigenvalue weighted by Gasteiger charge is -2.15. The lowest BCUT2D eigenvalue weighted by Crippen LogP contribution is -2.15. The minimum Gasteiger partial charge on any atom is -0.375 e. The number of nitrogens with zero attached hydrogens (tertiary/aromatic N) is 2. The number of aromatic nitrogens is 1. The summed E-state index contributed by atoms with van der Waals surface area (Å²) in [5, 5.41) is 0. The molecule has 0 radical (unpaired) electrons. The Balaban J connectivity index is 0.000000561. The van der Waals surface area contributed by atoms with Crippen LogP contribution < -0.4 is 4.90 Å². The van der Waals surface area contributed by atoms with Crippen molar-refractivity contribution in [2.45, 2.75) is 20.8 Å². The number of hydrogen-bond donors (Lipinski definition) is 0. The van der Waals surface area contributed by atoms with Crippen LogP contribution in [-0.2, 0) is 0 Å². The van der Waals surface area contributed by atoms with Crippen molar-refractivity contribution in [3.8, 4) is 0 Å². The molecule has 2 nitrogen and oxygen atoms in total. The Kier molecular flexibility index (Phi) is 6.07. The van der Waals surface area contributed by atoms with E-state index in [-0.39, 0.29) is 0 Å². The molecule has 0 amide bonds. The lowest BCUT2D eigenvalue weighted by atomic mass is 10.4. The van der Waals surface area contributed by atoms with E-state index in [9.17, 15) is 0 Å². The van der Waals surface area contributed by atoms with Crippen molar-refractivity contribution in [3.05, 3.63) is 24.5 Å². The van der Waals surface area contributed by atoms with Crippen molar-refractivity contribution in [1.29, 1.82) is 0 Å². The van der Waals surface area contributed by atoms with Gasteiger partial charge in [-0.15, -0.1) is 0 Å². The van der Waals surface area contributed by atoms with E-state index < -0.39 is 0 Å². The Morgan fingerprint density at radius 3 is 2.17 bits per heavy atom. The fraction of sp³-hybridized carbons (Fsp3) is 0.500. The summed E-state index contributed by atoms with van der Waals surface area (Å²) in [5.74, 6) is 0. The molecule has 0 aromatic carbocycles. The molecule has 0 atom stereocenters. The molecule has 0 bridgehead atoms. The molecular weight excluding hydrogens is 148 g/mol. The smallest absolute Gasteiger partial charge is 0.0394 e. The second kappa shape index (κ2) is 6.65. The van der Waals surface area contributed by atoms with Gasteiger partial charge in [0.25, 0.3) is 0 Å². The van der Waals surface area contributed by atoms with E-state index in [1.54, 1.807) is 0 Å². The molecule has 68 valence electrons. The van der Waals surface area contributed by atoms with Crippen LogP contribution in [0.25, 0.3) is 0 Å². The van der Waals surface area contributed by atoms with Gasteiger partial charge in [0.2, 0.25) is 0 Å². The molecule has 0 unspecified atom stereocenters. The van der Waals surface area contributed by atoms with Crippen molar-refractivity contribution in [1.82, 2.24) is 4.98 Å². The first kappa shape index (κ1) is 11.0. The zero-order valence-electron chi connectivity index (χ0n) is 8.41. The highest BCUT2D eigenvalue weighted by Gasteiger charge is 1.93. The Morgan fingerprint density at radius 2 is 1.75 bits per heavy atom. The third kappa shape index (κ3) is 3.37. The number of rotatable bonds is 2. The zero-order chi connectivity index (χ0) is 9.40. The molecule has 0 aliphatic rings. The van der Waals surface area contributed by atoms with Crippen LogP contribution in [0.5, 0.6) is 0 Å². The first-order valence-electron chi connectivity index (χ1n) is 4.45. The van der Waals surface area contributed by atoms with Gasteiger partial charge in [0.1, 0.15) is 0 Å². The first-order chi connectivity index (χ1) is 5.84. The molecule has 0 N–H and O–H groups in total. The van der Waals surface area contributed by atoms with Gasteiger partial charge in [-0.1, -0.05) is 13.8 Å². The van der Waals surface area contributed by atoms with Gasteiger partial charge in [0.05, 0.1) is 0 Å². The van der Waals surface area contributed by atoms with Gasteiger partial charge in [0, 0.05) is 31.7 Å². The standard InChI is InChI=1S/C8H12N2.C2H6/c1-3-10(2)8-4-6-9-7-5-8;1-2/h4-7H,3H2,1-2H3;1-2H3. The van der Waals surface area contributed by atoms with Crippen molar-refractivity contribution < 1.29 is 0 Å². The van der Waals surface area contributed by atoms with Gasteiger partial charge in [-0.2, -0.15) is 0 Å². The molecule has 0 aliphatic carbocycles. The summed E-state index contributed by atoms with van der Waals surface area (Å²) in [4.78, 5) is 6.10. The van der Waals surface area contributed by atoms with E-state index in [0.717, 1.165) is 6.54 Å². The summed E-state index contributed by atoms with van der Waals surface area (Å²) in [6, 6.07) is 4.01. The zero-order valence-corrected chi connectivity index (χ0v) is 8.41. The molecule has 1 aromatic heterocycles. The molecule has 1 rings (SSSR count). The van der Waals surface area contributed by atoms with Gasteiger partial charge >= 0.3 is 0 Å². The number of pyridine rings is 1. The minimum atomic E-state index is 1.03. The van der Waals surface area contributed by atoms with Crippen LogP contribution in [0.15, 0.2) is 24.5 Å². The van der Waals surface area contributed by atoms with Crippen LogP contribution in [0, 0.1) is 0 Å². The minimum absolute atomic E-state index is 1.03. The van der Waals surface area contributed by atoms with Crippen molar-refractivity contribution >= 4 is 5.69 Å². The van der Waals surface area contributed by atoms with E-state index in [1.807, 2.05) is 38.4 Å². The molecule has 1 aromatic rings. The maximum atomic E-state index is 3.94. The Hall–Kier alpha value is -1.05. The highest BCUT2D eigenvalue weighted by molar-refractivity contribution is 5.43. The molecule has 0 saturated heterocycles. The van der Waals surface area contributed by atoms with E-state index in [4.69, 9.17) is 0 Å². The van der Waals surface area contributed by atoms with Crippen LogP contribution >= 0.6 is 0 Å². The number of hydrogen-bond acceptors (Lipinski definition) is 2. The molecule has 0 spiro atoms. The summed E-state index contributed by atoms with van der Waals surface area (Å²) in [7, 11) is 2.06. The third-order valence-electron chi connectivity index (χ3n) is 1.58. The predicted molar refractivity (Wildman–Crippen MR) is 54.5 cm³/mol. The normalized spacial score (nSPS) is 8.33. The van der Waals surface area contributed by atoms with Crippen LogP contribution in [0.3, 0.4) is 0 Å². The summed E-state index contributed by atoms with van der Waals surface area (Å²) < 4.78 is 0. The van der Waals surface area contributed by atoms with Crippen molar-refractivity contribution in [3.63, 3.8) is 0 Å². The fourth-order valence-electron chi connectivity index (χ4n) is 0.781. The second-order valence-corrected chi connectivity index (χ2v) is 2.22. The maximum Gasteiger partial charge on any atom is 0.0394 e. The summed E-state index contributed by atoms with van der Waals surface area (Å²) in [6.07, 6.45) is 3.61. The van der Waals surface area contributed by atoms with Gasteiger partial charge in [0.15, 0.2) is 0 Å². The topological polar surface area (TPSA) is 16.1 Å². The van der Waals surface area contributed by atoms with Gasteiger partial charge < -0.3 is 4.90 Å². The molecule has 2 heteroatoms. The average Bonchev–Trinajstić information content (AvgIpc) is 2.21. The van der Waals surface area contributed by atoms with E-state index >= 15 is 0 Å². The largest absolute Gasteiger partial charge is 0.375 e. The predicted octanol–water partition coefficient (Wildman–Crippen LogP) is 2.56. The molecular formula is C10H18N2. The van der Waals surface area contributed by atoms with Crippen LogP contribution in [0.2, 0.25) is 0 Å². The highest BCUT2D eigenvalue weighted by Crippen LogP contribution is 2.07. The summed E-state index contributed by atoms with van der Waals surface area (Å²) >= 11 is 0. The second-order valence-electron chi connectivity index (χ2n) is 2.22.